The summed E-state index contributed by atoms with van der Waals surface area (Å²) in [7, 11) is 4.06. The minimum Gasteiger partial charge on any atom is -0.376 e. The average Bonchev–Trinajstić information content (AvgIpc) is 2.64. The molecule has 0 saturated carbocycles. The lowest BCUT2D eigenvalue weighted by molar-refractivity contribution is 0.0214. The van der Waals surface area contributed by atoms with Crippen molar-refractivity contribution in [2.45, 2.75) is 38.2 Å². The summed E-state index contributed by atoms with van der Waals surface area (Å²) >= 11 is 6.03. The van der Waals surface area contributed by atoms with Crippen LogP contribution in [0.2, 0.25) is 0 Å². The number of ether oxygens (including phenoxy) is 1. The van der Waals surface area contributed by atoms with Crippen LogP contribution < -0.4 is 4.90 Å². The molecule has 5 heteroatoms. The summed E-state index contributed by atoms with van der Waals surface area (Å²) in [5.74, 6) is 1.61. The molecule has 0 aromatic carbocycles. The van der Waals surface area contributed by atoms with E-state index >= 15 is 0 Å². The summed E-state index contributed by atoms with van der Waals surface area (Å²) in [6.45, 7) is 3.81. The average molecular weight is 272 g/mol. The first-order chi connectivity index (χ1) is 8.63. The molecule has 0 bridgehead atoms. The van der Waals surface area contributed by atoms with E-state index < -0.39 is 0 Å². The topological polar surface area (TPSA) is 30.3 Å². The Hall–Kier alpha value is -0.740. The van der Waals surface area contributed by atoms with E-state index in [0.29, 0.717) is 12.0 Å². The van der Waals surface area contributed by atoms with Crippen LogP contribution >= 0.6 is 11.6 Å². The minimum absolute atomic E-state index is 0.335. The molecule has 0 spiro atoms. The summed E-state index contributed by atoms with van der Waals surface area (Å²) in [5.41, 5.74) is 2.14. The van der Waals surface area contributed by atoms with Gasteiger partial charge in [0.1, 0.15) is 5.82 Å². The molecule has 1 atom stereocenters. The second-order valence-corrected chi connectivity index (χ2v) is 5.28. The van der Waals surface area contributed by atoms with Gasteiger partial charge in [-0.05, 0) is 26.2 Å². The number of aromatic nitrogens is 2. The molecule has 2 heterocycles. The lowest BCUT2D eigenvalue weighted by atomic mass is 10.1. The van der Waals surface area contributed by atoms with Crippen molar-refractivity contribution in [2.75, 3.05) is 25.1 Å². The van der Waals surface area contributed by atoms with Crippen LogP contribution in [0.25, 0.3) is 0 Å². The number of hydrogen-bond donors (Lipinski definition) is 0. The predicted molar refractivity (Wildman–Crippen MR) is 74.4 cm³/mol. The number of rotatable bonds is 4. The van der Waals surface area contributed by atoms with Crippen LogP contribution in [-0.2, 0) is 17.7 Å². The van der Waals surface area contributed by atoms with E-state index in [2.05, 4.69) is 17.0 Å². The standard InChI is InChI=1S/C13H22ClN3O/c1-10-12(8-14)13(17(3)15-10)16(2)9-11-6-4-5-7-18-11/h11H,4-9H2,1-3H3. The van der Waals surface area contributed by atoms with Crippen molar-refractivity contribution in [3.63, 3.8) is 0 Å². The van der Waals surface area contributed by atoms with Crippen molar-refractivity contribution in [3.8, 4) is 0 Å². The lowest BCUT2D eigenvalue weighted by Gasteiger charge is -2.29. The Labute approximate surface area is 114 Å². The highest BCUT2D eigenvalue weighted by Gasteiger charge is 2.21. The highest BCUT2D eigenvalue weighted by atomic mass is 35.5. The largest absolute Gasteiger partial charge is 0.376 e. The second-order valence-electron chi connectivity index (χ2n) is 5.01. The SMILES string of the molecule is Cc1nn(C)c(N(C)CC2CCCCO2)c1CCl. The molecule has 0 N–H and O–H groups in total. The van der Waals surface area contributed by atoms with Gasteiger partial charge in [-0.25, -0.2) is 0 Å². The van der Waals surface area contributed by atoms with Gasteiger partial charge in [-0.1, -0.05) is 0 Å². The maximum absolute atomic E-state index is 6.03. The second kappa shape index (κ2) is 5.93. The normalized spacial score (nSPS) is 20.1. The Morgan fingerprint density at radius 2 is 2.28 bits per heavy atom. The highest BCUT2D eigenvalue weighted by molar-refractivity contribution is 6.17. The number of aryl methyl sites for hydroxylation is 2. The molecule has 0 aliphatic carbocycles. The zero-order valence-electron chi connectivity index (χ0n) is 11.4. The Morgan fingerprint density at radius 1 is 1.50 bits per heavy atom. The van der Waals surface area contributed by atoms with Crippen LogP contribution in [0.15, 0.2) is 0 Å². The van der Waals surface area contributed by atoms with Crippen LogP contribution in [0.4, 0.5) is 5.82 Å². The summed E-state index contributed by atoms with van der Waals surface area (Å²) in [6, 6.07) is 0. The Balaban J connectivity index is 2.10. The summed E-state index contributed by atoms with van der Waals surface area (Å²) in [6.07, 6.45) is 3.95. The zero-order valence-corrected chi connectivity index (χ0v) is 12.2. The predicted octanol–water partition coefficient (Wildman–Crippen LogP) is 2.47. The zero-order chi connectivity index (χ0) is 13.1. The molecule has 1 aromatic heterocycles. The van der Waals surface area contributed by atoms with Crippen molar-refractivity contribution in [1.82, 2.24) is 9.78 Å². The third kappa shape index (κ3) is 2.81. The van der Waals surface area contributed by atoms with Crippen LogP contribution in [0.1, 0.15) is 30.5 Å². The van der Waals surface area contributed by atoms with Gasteiger partial charge in [-0.15, -0.1) is 11.6 Å². The number of likely N-dealkylation sites (N-methyl/N-ethyl adjacent to an activating group) is 1. The van der Waals surface area contributed by atoms with E-state index in [9.17, 15) is 0 Å². The highest BCUT2D eigenvalue weighted by Crippen LogP contribution is 2.25. The fourth-order valence-corrected chi connectivity index (χ4v) is 2.98. The first-order valence-corrected chi connectivity index (χ1v) is 7.08. The van der Waals surface area contributed by atoms with Crippen LogP contribution in [-0.4, -0.2) is 36.1 Å². The molecule has 18 heavy (non-hydrogen) atoms. The van der Waals surface area contributed by atoms with Gasteiger partial charge in [0.25, 0.3) is 0 Å². The molecule has 1 saturated heterocycles. The van der Waals surface area contributed by atoms with E-state index in [0.717, 1.165) is 36.6 Å². The van der Waals surface area contributed by atoms with Crippen LogP contribution in [0.5, 0.6) is 0 Å². The summed E-state index contributed by atoms with van der Waals surface area (Å²) in [5, 5.41) is 4.45. The van der Waals surface area contributed by atoms with E-state index in [1.54, 1.807) is 0 Å². The van der Waals surface area contributed by atoms with E-state index in [4.69, 9.17) is 16.3 Å². The first-order valence-electron chi connectivity index (χ1n) is 6.54. The van der Waals surface area contributed by atoms with E-state index in [-0.39, 0.29) is 0 Å². The number of hydrogen-bond acceptors (Lipinski definition) is 3. The Kier molecular flexibility index (Phi) is 4.51. The molecule has 1 unspecified atom stereocenters. The maximum Gasteiger partial charge on any atom is 0.131 e. The monoisotopic (exact) mass is 271 g/mol. The van der Waals surface area contributed by atoms with Crippen molar-refractivity contribution in [1.29, 1.82) is 0 Å². The lowest BCUT2D eigenvalue weighted by Crippen LogP contribution is -2.34. The molecule has 1 fully saturated rings. The molecule has 0 radical (unpaired) electrons. The molecule has 4 nitrogen and oxygen atoms in total. The number of anilines is 1. The fraction of sp³-hybridized carbons (Fsp3) is 0.769. The Bertz CT molecular complexity index is 399. The van der Waals surface area contributed by atoms with E-state index in [1.807, 2.05) is 18.7 Å². The maximum atomic E-state index is 6.03. The van der Waals surface area contributed by atoms with Gasteiger partial charge in [0, 0.05) is 32.8 Å². The Morgan fingerprint density at radius 3 is 2.89 bits per heavy atom. The molecule has 1 aliphatic heterocycles. The van der Waals surface area contributed by atoms with E-state index in [1.165, 1.54) is 12.8 Å². The van der Waals surface area contributed by atoms with Crippen molar-refractivity contribution >= 4 is 17.4 Å². The van der Waals surface area contributed by atoms with Crippen molar-refractivity contribution in [2.24, 2.45) is 7.05 Å². The van der Waals surface area contributed by atoms with Gasteiger partial charge in [0.15, 0.2) is 0 Å². The molecule has 0 amide bonds. The molecular formula is C13H22ClN3O. The van der Waals surface area contributed by atoms with Crippen LogP contribution in [0, 0.1) is 6.92 Å². The minimum atomic E-state index is 0.335. The van der Waals surface area contributed by atoms with Crippen LogP contribution in [0.3, 0.4) is 0 Å². The summed E-state index contributed by atoms with van der Waals surface area (Å²) < 4.78 is 7.70. The van der Waals surface area contributed by atoms with Gasteiger partial charge in [-0.3, -0.25) is 4.68 Å². The fourth-order valence-electron chi connectivity index (χ4n) is 2.67. The van der Waals surface area contributed by atoms with Gasteiger partial charge in [-0.2, -0.15) is 5.10 Å². The van der Waals surface area contributed by atoms with Gasteiger partial charge < -0.3 is 9.64 Å². The number of halogens is 1. The number of alkyl halides is 1. The molecule has 1 aromatic rings. The third-order valence-electron chi connectivity index (χ3n) is 3.56. The van der Waals surface area contributed by atoms with Gasteiger partial charge in [0.05, 0.1) is 17.7 Å². The quantitative estimate of drug-likeness (QED) is 0.788. The molecule has 1 aliphatic rings. The number of nitrogens with zero attached hydrogens (tertiary/aromatic N) is 3. The van der Waals surface area contributed by atoms with Crippen molar-refractivity contribution < 1.29 is 4.74 Å². The van der Waals surface area contributed by atoms with Gasteiger partial charge in [0.2, 0.25) is 0 Å². The third-order valence-corrected chi connectivity index (χ3v) is 3.83. The first kappa shape index (κ1) is 13.7. The van der Waals surface area contributed by atoms with Crippen molar-refractivity contribution in [3.05, 3.63) is 11.3 Å². The molecule has 2 rings (SSSR count). The molecule has 102 valence electrons. The van der Waals surface area contributed by atoms with Gasteiger partial charge >= 0.3 is 0 Å². The summed E-state index contributed by atoms with van der Waals surface area (Å²) in [4.78, 5) is 2.22. The smallest absolute Gasteiger partial charge is 0.131 e. The molecular weight excluding hydrogens is 250 g/mol.